The van der Waals surface area contributed by atoms with Gasteiger partial charge in [-0.2, -0.15) is 5.26 Å². The summed E-state index contributed by atoms with van der Waals surface area (Å²) < 4.78 is 1.18. The fourth-order valence-corrected chi connectivity index (χ4v) is 2.83. The molecule has 1 aromatic rings. The van der Waals surface area contributed by atoms with E-state index in [2.05, 4.69) is 38.8 Å². The van der Waals surface area contributed by atoms with E-state index in [1.807, 2.05) is 13.8 Å². The van der Waals surface area contributed by atoms with Crippen molar-refractivity contribution in [2.45, 2.75) is 33.2 Å². The Morgan fingerprint density at radius 1 is 1.56 bits per heavy atom. The first-order valence-corrected chi connectivity index (χ1v) is 7.06. The van der Waals surface area contributed by atoms with Gasteiger partial charge >= 0.3 is 0 Å². The summed E-state index contributed by atoms with van der Waals surface area (Å²) in [6, 6.07) is 4.39. The van der Waals surface area contributed by atoms with Crippen LogP contribution < -0.4 is 5.32 Å². The van der Waals surface area contributed by atoms with Crippen LogP contribution in [0.25, 0.3) is 0 Å². The highest BCUT2D eigenvalue weighted by atomic mass is 79.9. The molecule has 0 unspecified atom stereocenters. The molecule has 1 heterocycles. The zero-order valence-corrected chi connectivity index (χ0v) is 12.1. The van der Waals surface area contributed by atoms with Crippen LogP contribution in [0, 0.1) is 16.7 Å². The molecule has 0 amide bonds. The van der Waals surface area contributed by atoms with Crippen LogP contribution in [0.3, 0.4) is 0 Å². The summed E-state index contributed by atoms with van der Waals surface area (Å²) in [5, 5.41) is 14.3. The number of hydrogen-bond acceptors (Lipinski definition) is 3. The van der Waals surface area contributed by atoms with E-state index in [1.165, 1.54) is 9.35 Å². The molecule has 0 fully saturated rings. The van der Waals surface area contributed by atoms with Crippen LogP contribution in [0.4, 0.5) is 0 Å². The maximum Gasteiger partial charge on any atom is 0.0683 e. The van der Waals surface area contributed by atoms with Gasteiger partial charge in [0.15, 0.2) is 0 Å². The molecule has 1 rings (SSSR count). The standard InChI is InChI=1S/C12H17BrN2S/c1-12(2,9-14)5-3-6-15-8-11-10(13)4-7-16-11/h4,7,15H,3,5-6,8H2,1-2H3. The third-order valence-electron chi connectivity index (χ3n) is 2.43. The summed E-state index contributed by atoms with van der Waals surface area (Å²) in [5.41, 5.74) is -0.189. The van der Waals surface area contributed by atoms with Crippen LogP contribution in [0.15, 0.2) is 15.9 Å². The van der Waals surface area contributed by atoms with E-state index in [4.69, 9.17) is 5.26 Å². The smallest absolute Gasteiger partial charge is 0.0683 e. The highest BCUT2D eigenvalue weighted by Crippen LogP contribution is 2.22. The predicted octanol–water partition coefficient (Wildman–Crippen LogP) is 3.93. The quantitative estimate of drug-likeness (QED) is 0.808. The number of nitrogens with zero attached hydrogens (tertiary/aromatic N) is 1. The Hall–Kier alpha value is -0.370. The molecular weight excluding hydrogens is 284 g/mol. The molecule has 0 bridgehead atoms. The number of rotatable bonds is 6. The van der Waals surface area contributed by atoms with E-state index in [0.29, 0.717) is 0 Å². The Kier molecular flexibility index (Phi) is 5.47. The van der Waals surface area contributed by atoms with Crippen LogP contribution in [-0.2, 0) is 6.54 Å². The number of halogens is 1. The minimum Gasteiger partial charge on any atom is -0.312 e. The number of nitrogens with one attached hydrogen (secondary N) is 1. The molecule has 16 heavy (non-hydrogen) atoms. The normalized spacial score (nSPS) is 11.4. The Morgan fingerprint density at radius 2 is 2.31 bits per heavy atom. The Balaban J connectivity index is 2.14. The molecule has 0 atom stereocenters. The Bertz CT molecular complexity index is 365. The average molecular weight is 301 g/mol. The predicted molar refractivity (Wildman–Crippen MR) is 72.4 cm³/mol. The zero-order chi connectivity index (χ0) is 12.0. The summed E-state index contributed by atoms with van der Waals surface area (Å²) in [6.07, 6.45) is 1.99. The van der Waals surface area contributed by atoms with E-state index in [9.17, 15) is 0 Å². The van der Waals surface area contributed by atoms with Crippen molar-refractivity contribution in [3.63, 3.8) is 0 Å². The third-order valence-corrected chi connectivity index (χ3v) is 4.36. The van der Waals surface area contributed by atoms with E-state index < -0.39 is 0 Å². The molecule has 4 heteroatoms. The fraction of sp³-hybridized carbons (Fsp3) is 0.583. The maximum atomic E-state index is 8.86. The second kappa shape index (κ2) is 6.39. The van der Waals surface area contributed by atoms with Crippen molar-refractivity contribution in [2.24, 2.45) is 5.41 Å². The van der Waals surface area contributed by atoms with Crippen molar-refractivity contribution in [2.75, 3.05) is 6.54 Å². The molecule has 88 valence electrons. The van der Waals surface area contributed by atoms with Crippen molar-refractivity contribution < 1.29 is 0 Å². The van der Waals surface area contributed by atoms with Crippen molar-refractivity contribution in [1.29, 1.82) is 5.26 Å². The molecular formula is C12H17BrN2S. The summed E-state index contributed by atoms with van der Waals surface area (Å²) in [4.78, 5) is 1.33. The second-order valence-electron chi connectivity index (χ2n) is 4.47. The summed E-state index contributed by atoms with van der Waals surface area (Å²) in [5.74, 6) is 0. The molecule has 0 aliphatic carbocycles. The second-order valence-corrected chi connectivity index (χ2v) is 6.32. The van der Waals surface area contributed by atoms with Crippen molar-refractivity contribution in [1.82, 2.24) is 5.32 Å². The van der Waals surface area contributed by atoms with Gasteiger partial charge in [0.05, 0.1) is 11.5 Å². The van der Waals surface area contributed by atoms with Crippen molar-refractivity contribution >= 4 is 27.3 Å². The van der Waals surface area contributed by atoms with E-state index >= 15 is 0 Å². The Labute approximate surface area is 110 Å². The van der Waals surface area contributed by atoms with Gasteiger partial charge in [-0.15, -0.1) is 11.3 Å². The highest BCUT2D eigenvalue weighted by Gasteiger charge is 2.15. The molecule has 0 saturated heterocycles. The van der Waals surface area contributed by atoms with Crippen LogP contribution >= 0.6 is 27.3 Å². The first-order valence-electron chi connectivity index (χ1n) is 5.39. The van der Waals surface area contributed by atoms with Gasteiger partial charge in [0.2, 0.25) is 0 Å². The van der Waals surface area contributed by atoms with Gasteiger partial charge in [-0.05, 0) is 60.6 Å². The maximum absolute atomic E-state index is 8.86. The largest absolute Gasteiger partial charge is 0.312 e. The molecule has 0 aliphatic rings. The third kappa shape index (κ3) is 4.65. The van der Waals surface area contributed by atoms with Gasteiger partial charge < -0.3 is 5.32 Å². The first kappa shape index (κ1) is 13.7. The molecule has 0 radical (unpaired) electrons. The van der Waals surface area contributed by atoms with E-state index in [-0.39, 0.29) is 5.41 Å². The molecule has 1 aromatic heterocycles. The number of thiophene rings is 1. The molecule has 1 N–H and O–H groups in total. The zero-order valence-electron chi connectivity index (χ0n) is 9.72. The van der Waals surface area contributed by atoms with Gasteiger partial charge in [-0.3, -0.25) is 0 Å². The molecule has 0 aliphatic heterocycles. The van der Waals surface area contributed by atoms with E-state index in [0.717, 1.165) is 25.9 Å². The topological polar surface area (TPSA) is 35.8 Å². The van der Waals surface area contributed by atoms with Crippen LogP contribution in [0.2, 0.25) is 0 Å². The molecule has 0 spiro atoms. The lowest BCUT2D eigenvalue weighted by Crippen LogP contribution is -2.17. The van der Waals surface area contributed by atoms with Crippen LogP contribution in [0.5, 0.6) is 0 Å². The van der Waals surface area contributed by atoms with Crippen LogP contribution in [0.1, 0.15) is 31.6 Å². The molecule has 2 nitrogen and oxygen atoms in total. The highest BCUT2D eigenvalue weighted by molar-refractivity contribution is 9.10. The average Bonchev–Trinajstić information content (AvgIpc) is 2.64. The van der Waals surface area contributed by atoms with Crippen LogP contribution in [-0.4, -0.2) is 6.54 Å². The lowest BCUT2D eigenvalue weighted by Gasteiger charge is -2.14. The van der Waals surface area contributed by atoms with Gasteiger partial charge in [0, 0.05) is 15.9 Å². The summed E-state index contributed by atoms with van der Waals surface area (Å²) in [6.45, 7) is 5.85. The minimum absolute atomic E-state index is 0.189. The van der Waals surface area contributed by atoms with Gasteiger partial charge in [0.1, 0.15) is 0 Å². The lowest BCUT2D eigenvalue weighted by atomic mass is 9.90. The van der Waals surface area contributed by atoms with Gasteiger partial charge in [-0.1, -0.05) is 0 Å². The summed E-state index contributed by atoms with van der Waals surface area (Å²) >= 11 is 5.26. The van der Waals surface area contributed by atoms with Gasteiger partial charge in [-0.25, -0.2) is 0 Å². The summed E-state index contributed by atoms with van der Waals surface area (Å²) in [7, 11) is 0. The van der Waals surface area contributed by atoms with E-state index in [1.54, 1.807) is 11.3 Å². The number of hydrogen-bond donors (Lipinski definition) is 1. The van der Waals surface area contributed by atoms with Gasteiger partial charge in [0.25, 0.3) is 0 Å². The molecule has 0 saturated carbocycles. The monoisotopic (exact) mass is 300 g/mol. The lowest BCUT2D eigenvalue weighted by molar-refractivity contribution is 0.426. The SMILES string of the molecule is CC(C)(C#N)CCCNCc1sccc1Br. The first-order chi connectivity index (χ1) is 7.55. The van der Waals surface area contributed by atoms with Crippen molar-refractivity contribution in [3.05, 3.63) is 20.8 Å². The minimum atomic E-state index is -0.189. The Morgan fingerprint density at radius 3 is 2.88 bits per heavy atom. The van der Waals surface area contributed by atoms with Crippen molar-refractivity contribution in [3.8, 4) is 6.07 Å². The number of nitriles is 1. The fourth-order valence-electron chi connectivity index (χ4n) is 1.36. The molecule has 0 aromatic carbocycles.